The minimum absolute atomic E-state index is 0.197. The van der Waals surface area contributed by atoms with Gasteiger partial charge in [-0.3, -0.25) is 19.7 Å². The molecule has 28 heavy (non-hydrogen) atoms. The molecule has 1 aromatic carbocycles. The summed E-state index contributed by atoms with van der Waals surface area (Å²) in [5.74, 6) is -0.154. The fraction of sp³-hybridized carbons (Fsp3) is 0.450. The van der Waals surface area contributed by atoms with Crippen molar-refractivity contribution in [3.63, 3.8) is 0 Å². The Hall–Kier alpha value is -2.32. The zero-order chi connectivity index (χ0) is 19.9. The quantitative estimate of drug-likeness (QED) is 0.559. The number of thioether (sulfide) groups is 1. The lowest BCUT2D eigenvalue weighted by atomic mass is 10.1. The van der Waals surface area contributed by atoms with E-state index in [0.717, 1.165) is 61.9 Å². The van der Waals surface area contributed by atoms with Crippen molar-refractivity contribution in [1.82, 2.24) is 10.2 Å². The van der Waals surface area contributed by atoms with Gasteiger partial charge in [-0.25, -0.2) is 0 Å². The number of imide groups is 1. The maximum absolute atomic E-state index is 12.4. The number of nitrogens with two attached hydrogens (primary N) is 1. The number of para-hydroxylation sites is 1. The van der Waals surface area contributed by atoms with Gasteiger partial charge in [0.25, 0.3) is 11.1 Å². The van der Waals surface area contributed by atoms with E-state index in [1.807, 2.05) is 29.2 Å². The van der Waals surface area contributed by atoms with Gasteiger partial charge in [-0.1, -0.05) is 18.2 Å². The fourth-order valence-corrected chi connectivity index (χ4v) is 4.12. The summed E-state index contributed by atoms with van der Waals surface area (Å²) < 4.78 is 0. The molecule has 0 aromatic heterocycles. The highest BCUT2D eigenvalue weighted by Crippen LogP contribution is 2.30. The Labute approximate surface area is 169 Å². The summed E-state index contributed by atoms with van der Waals surface area (Å²) in [6, 6.07) is 7.84. The molecule has 0 radical (unpaired) electrons. The Kier molecular flexibility index (Phi) is 7.11. The number of anilines is 1. The molecule has 1 aromatic rings. The molecule has 2 aliphatic heterocycles. The first-order valence-corrected chi connectivity index (χ1v) is 10.5. The highest BCUT2D eigenvalue weighted by Gasteiger charge is 2.26. The molecule has 0 atom stereocenters. The van der Waals surface area contributed by atoms with Crippen LogP contribution in [0.5, 0.6) is 0 Å². The van der Waals surface area contributed by atoms with Crippen LogP contribution in [0.4, 0.5) is 10.5 Å². The third-order valence-electron chi connectivity index (χ3n) is 4.90. The van der Waals surface area contributed by atoms with Gasteiger partial charge >= 0.3 is 0 Å². The Balaban J connectivity index is 1.69. The lowest BCUT2D eigenvalue weighted by molar-refractivity contribution is -0.131. The molecule has 0 aliphatic carbocycles. The van der Waals surface area contributed by atoms with Crippen molar-refractivity contribution in [1.29, 1.82) is 0 Å². The van der Waals surface area contributed by atoms with E-state index in [0.29, 0.717) is 24.4 Å². The maximum Gasteiger partial charge on any atom is 0.290 e. The van der Waals surface area contributed by atoms with Gasteiger partial charge in [0.05, 0.1) is 4.91 Å². The summed E-state index contributed by atoms with van der Waals surface area (Å²) in [6.07, 6.45) is 4.93. The Morgan fingerprint density at radius 1 is 1.14 bits per heavy atom. The van der Waals surface area contributed by atoms with Crippen molar-refractivity contribution < 1.29 is 14.4 Å². The molecule has 0 unspecified atom stereocenters. The minimum Gasteiger partial charge on any atom is -0.369 e. The molecule has 7 nitrogen and oxygen atoms in total. The molecule has 2 heterocycles. The molecule has 0 spiro atoms. The van der Waals surface area contributed by atoms with Crippen LogP contribution in [0, 0.1) is 0 Å². The van der Waals surface area contributed by atoms with Crippen LogP contribution >= 0.6 is 11.8 Å². The summed E-state index contributed by atoms with van der Waals surface area (Å²) in [6.45, 7) is 3.63. The van der Waals surface area contributed by atoms with Gasteiger partial charge in [0.2, 0.25) is 5.91 Å². The van der Waals surface area contributed by atoms with Crippen LogP contribution in [-0.4, -0.2) is 54.7 Å². The number of carbonyl (C=O) groups is 3. The molecule has 2 fully saturated rings. The number of hydrogen-bond acceptors (Lipinski definition) is 6. The number of hydrogen-bond donors (Lipinski definition) is 2. The first-order chi connectivity index (χ1) is 13.6. The van der Waals surface area contributed by atoms with Crippen molar-refractivity contribution in [2.75, 3.05) is 37.6 Å². The van der Waals surface area contributed by atoms with Crippen LogP contribution in [-0.2, 0) is 9.59 Å². The van der Waals surface area contributed by atoms with E-state index in [2.05, 4.69) is 10.2 Å². The molecule has 2 saturated heterocycles. The van der Waals surface area contributed by atoms with Gasteiger partial charge in [-0.15, -0.1) is 0 Å². The zero-order valence-electron chi connectivity index (χ0n) is 15.9. The summed E-state index contributed by atoms with van der Waals surface area (Å²) in [4.78, 5) is 40.3. The third-order valence-corrected chi connectivity index (χ3v) is 5.71. The standard InChI is InChI=1S/C20H26N4O3S/c21-9-4-3-8-18(25)24-11-5-10-23(12-13-24)16-7-2-1-6-15(16)14-17-19(26)22-20(27)28-17/h1-2,6-7,14H,3-5,8-13,21H2,(H,22,26,27). The minimum atomic E-state index is -0.352. The lowest BCUT2D eigenvalue weighted by Gasteiger charge is -2.25. The van der Waals surface area contributed by atoms with Crippen molar-refractivity contribution in [3.05, 3.63) is 34.7 Å². The van der Waals surface area contributed by atoms with Gasteiger partial charge in [0.15, 0.2) is 0 Å². The average Bonchev–Trinajstić information content (AvgIpc) is 2.87. The summed E-state index contributed by atoms with van der Waals surface area (Å²) in [5.41, 5.74) is 7.42. The first-order valence-electron chi connectivity index (χ1n) is 9.65. The molecule has 0 bridgehead atoms. The average molecular weight is 403 g/mol. The lowest BCUT2D eigenvalue weighted by Crippen LogP contribution is -2.35. The molecule has 150 valence electrons. The van der Waals surface area contributed by atoms with E-state index in [1.165, 1.54) is 0 Å². The molecule has 3 rings (SSSR count). The molecule has 2 aliphatic rings. The predicted octanol–water partition coefficient (Wildman–Crippen LogP) is 2.18. The third kappa shape index (κ3) is 5.14. The Morgan fingerprint density at radius 2 is 1.96 bits per heavy atom. The SMILES string of the molecule is NCCCCC(=O)N1CCCN(c2ccccc2C=C2SC(=O)NC2=O)CC1. The smallest absolute Gasteiger partial charge is 0.290 e. The van der Waals surface area contributed by atoms with E-state index in [4.69, 9.17) is 5.73 Å². The topological polar surface area (TPSA) is 95.7 Å². The molecular formula is C20H26N4O3S. The number of nitrogens with zero attached hydrogens (tertiary/aromatic N) is 2. The van der Waals surface area contributed by atoms with E-state index < -0.39 is 0 Å². The highest BCUT2D eigenvalue weighted by atomic mass is 32.2. The molecular weight excluding hydrogens is 376 g/mol. The number of benzene rings is 1. The number of rotatable bonds is 6. The second-order valence-corrected chi connectivity index (χ2v) is 7.89. The second kappa shape index (κ2) is 9.75. The molecule has 0 saturated carbocycles. The summed E-state index contributed by atoms with van der Waals surface area (Å²) in [7, 11) is 0. The van der Waals surface area contributed by atoms with Gasteiger partial charge in [0, 0.05) is 38.3 Å². The van der Waals surface area contributed by atoms with Gasteiger partial charge in [-0.2, -0.15) is 0 Å². The number of nitrogens with one attached hydrogen (secondary N) is 1. The van der Waals surface area contributed by atoms with Crippen LogP contribution in [0.1, 0.15) is 31.2 Å². The van der Waals surface area contributed by atoms with Gasteiger partial charge < -0.3 is 15.5 Å². The van der Waals surface area contributed by atoms with Crippen molar-refractivity contribution in [2.45, 2.75) is 25.7 Å². The van der Waals surface area contributed by atoms with Crippen LogP contribution in [0.25, 0.3) is 6.08 Å². The van der Waals surface area contributed by atoms with Crippen molar-refractivity contribution in [3.8, 4) is 0 Å². The molecule has 3 N–H and O–H groups in total. The van der Waals surface area contributed by atoms with E-state index in [9.17, 15) is 14.4 Å². The normalized spacial score (nSPS) is 19.1. The van der Waals surface area contributed by atoms with Crippen molar-refractivity contribution >= 4 is 40.6 Å². The monoisotopic (exact) mass is 402 g/mol. The van der Waals surface area contributed by atoms with Crippen LogP contribution in [0.15, 0.2) is 29.2 Å². The number of carbonyl (C=O) groups excluding carboxylic acids is 3. The predicted molar refractivity (Wildman–Crippen MR) is 112 cm³/mol. The number of unbranched alkanes of at least 4 members (excludes halogenated alkanes) is 1. The van der Waals surface area contributed by atoms with Crippen LogP contribution in [0.2, 0.25) is 0 Å². The molecule has 3 amide bonds. The maximum atomic E-state index is 12.4. The number of amides is 3. The first kappa shape index (κ1) is 20.4. The highest BCUT2D eigenvalue weighted by molar-refractivity contribution is 8.18. The van der Waals surface area contributed by atoms with Crippen molar-refractivity contribution in [2.24, 2.45) is 5.73 Å². The molecule has 8 heteroatoms. The fourth-order valence-electron chi connectivity index (χ4n) is 3.45. The van der Waals surface area contributed by atoms with Crippen LogP contribution in [0.3, 0.4) is 0 Å². The Morgan fingerprint density at radius 3 is 2.71 bits per heavy atom. The zero-order valence-corrected chi connectivity index (χ0v) is 16.7. The van der Waals surface area contributed by atoms with Gasteiger partial charge in [-0.05, 0) is 55.3 Å². The van der Waals surface area contributed by atoms with Crippen LogP contribution < -0.4 is 16.0 Å². The van der Waals surface area contributed by atoms with E-state index >= 15 is 0 Å². The summed E-state index contributed by atoms with van der Waals surface area (Å²) in [5, 5.41) is 1.95. The Bertz CT molecular complexity index is 780. The van der Waals surface area contributed by atoms with E-state index in [1.54, 1.807) is 6.08 Å². The van der Waals surface area contributed by atoms with Gasteiger partial charge in [0.1, 0.15) is 0 Å². The van der Waals surface area contributed by atoms with E-state index in [-0.39, 0.29) is 17.1 Å². The summed E-state index contributed by atoms with van der Waals surface area (Å²) >= 11 is 0.923. The largest absolute Gasteiger partial charge is 0.369 e. The second-order valence-electron chi connectivity index (χ2n) is 6.88.